The Bertz CT molecular complexity index is 4700. The number of methoxy groups -OCH3 is 8. The van der Waals surface area contributed by atoms with Crippen molar-refractivity contribution in [3.8, 4) is 40.2 Å². The van der Waals surface area contributed by atoms with Crippen LogP contribution in [0.25, 0.3) is 12.8 Å². The number of ether oxygens (including phenoxy) is 8. The maximum atomic E-state index is 11.6. The number of allylic oxidation sites excluding steroid dienone is 3. The molecule has 0 aliphatic heterocycles. The molecule has 0 fully saturated rings. The zero-order valence-corrected chi connectivity index (χ0v) is 67.6. The highest BCUT2D eigenvalue weighted by Gasteiger charge is 2.49. The van der Waals surface area contributed by atoms with Gasteiger partial charge in [-0.05, 0) is 175 Å². The molecular formula is C92H106B4O18. The molecule has 8 radical (unpaired) electrons. The summed E-state index contributed by atoms with van der Waals surface area (Å²) in [6.07, 6.45) is 11.1. The first-order valence-electron chi connectivity index (χ1n) is 37.0. The number of benzene rings is 9. The molecule has 0 saturated carbocycles. The molecule has 0 bridgehead atoms. The number of carbonyl (C=O) groups is 3. The van der Waals surface area contributed by atoms with E-state index in [0.29, 0.717) is 76.5 Å². The second-order valence-corrected chi connectivity index (χ2v) is 27.1. The van der Waals surface area contributed by atoms with E-state index in [2.05, 4.69) is 26.8 Å². The number of hydrogen-bond acceptors (Lipinski definition) is 18. The molecule has 13 rings (SSSR count). The Morgan fingerprint density at radius 1 is 0.474 bits per heavy atom. The smallest absolute Gasteiger partial charge is 0.154 e. The van der Waals surface area contributed by atoms with Crippen LogP contribution in [0.1, 0.15) is 154 Å². The van der Waals surface area contributed by atoms with Gasteiger partial charge in [0.15, 0.2) is 12.6 Å². The molecule has 4 aliphatic rings. The summed E-state index contributed by atoms with van der Waals surface area (Å²) in [5.74, 6) is 4.35. The first-order valence-corrected chi connectivity index (χ1v) is 37.0. The van der Waals surface area contributed by atoms with Crippen LogP contribution in [-0.4, -0.2) is 150 Å². The maximum Gasteiger partial charge on any atom is 0.154 e. The molecule has 7 atom stereocenters. The Hall–Kier alpha value is -10.4. The minimum absolute atomic E-state index is 0. The van der Waals surface area contributed by atoms with Crippen molar-refractivity contribution in [3.05, 3.63) is 298 Å². The molecule has 114 heavy (non-hydrogen) atoms. The number of hydrogen-bond donors (Lipinski definition) is 7. The number of carbonyl (C=O) groups excluding carboxylic acids is 3. The van der Waals surface area contributed by atoms with Crippen LogP contribution in [0.3, 0.4) is 0 Å². The van der Waals surface area contributed by atoms with Crippen molar-refractivity contribution < 1.29 is 88.0 Å². The van der Waals surface area contributed by atoms with Crippen molar-refractivity contribution in [1.29, 1.82) is 0 Å². The Morgan fingerprint density at radius 3 is 1.33 bits per heavy atom. The van der Waals surface area contributed by atoms with E-state index in [9.17, 15) is 39.9 Å². The van der Waals surface area contributed by atoms with Crippen LogP contribution in [0.4, 0.5) is 0 Å². The highest BCUT2D eigenvalue weighted by Crippen LogP contribution is 2.55. The van der Waals surface area contributed by atoms with Gasteiger partial charge in [0.2, 0.25) is 0 Å². The molecule has 7 N–H and O–H groups in total. The molecule has 0 amide bonds. The van der Waals surface area contributed by atoms with Crippen molar-refractivity contribution >= 4 is 62.6 Å². The fourth-order valence-corrected chi connectivity index (χ4v) is 14.9. The summed E-state index contributed by atoms with van der Waals surface area (Å²) in [6, 6.07) is 51.4. The summed E-state index contributed by atoms with van der Waals surface area (Å²) in [4.78, 5) is 34.1. The molecule has 594 valence electrons. The van der Waals surface area contributed by atoms with Crippen molar-refractivity contribution in [2.75, 3.05) is 64.0 Å². The molecule has 22 heteroatoms. The molecule has 0 aromatic heterocycles. The van der Waals surface area contributed by atoms with E-state index >= 15 is 0 Å². The third kappa shape index (κ3) is 23.2. The van der Waals surface area contributed by atoms with Crippen LogP contribution in [0.5, 0.6) is 40.2 Å². The SMILES string of the molecule is C=c1cccc(OC)/c1=C\O.COC.COc1cccc(C)c1CO.COc1cccc(CCc2cccc(C)c2C=O)c1C=O.COc1cccc2c1C(O)[C@]1(C=CC=C(C)C1C=O)CC2.COc1cccc2c1[C@H](O)C(O)c1c(C)cccc1CC2.COc1cccc2c1[C@H](O)Cc1cccc(OC)c1[C@H](O)C2.[B].[B][B][B]. The van der Waals surface area contributed by atoms with Crippen LogP contribution in [0.15, 0.2) is 188 Å². The first kappa shape index (κ1) is 94.2. The molecule has 3 unspecified atom stereocenters. The van der Waals surface area contributed by atoms with Gasteiger partial charge in [-0.3, -0.25) is 9.59 Å². The average molecular weight is 1540 g/mol. The van der Waals surface area contributed by atoms with Gasteiger partial charge in [0.25, 0.3) is 0 Å². The van der Waals surface area contributed by atoms with E-state index in [1.165, 1.54) is 0 Å². The van der Waals surface area contributed by atoms with E-state index in [1.807, 2.05) is 198 Å². The Kier molecular flexibility index (Phi) is 39.1. The van der Waals surface area contributed by atoms with Crippen LogP contribution >= 0.6 is 0 Å². The largest absolute Gasteiger partial charge is 0.515 e. The zero-order chi connectivity index (χ0) is 82.9. The summed E-state index contributed by atoms with van der Waals surface area (Å²) < 4.78 is 41.1. The summed E-state index contributed by atoms with van der Waals surface area (Å²) in [6.45, 7) is 11.6. The normalized spacial score (nSPS) is 17.6. The predicted molar refractivity (Wildman–Crippen MR) is 453 cm³/mol. The second-order valence-electron chi connectivity index (χ2n) is 27.1. The highest BCUT2D eigenvalue weighted by atomic mass is 16.5. The van der Waals surface area contributed by atoms with E-state index in [-0.39, 0.29) is 20.9 Å². The van der Waals surface area contributed by atoms with Gasteiger partial charge in [-0.15, -0.1) is 0 Å². The lowest BCUT2D eigenvalue weighted by atomic mass is 9.40. The second kappa shape index (κ2) is 47.3. The first-order chi connectivity index (χ1) is 54.5. The topological polar surface area (TPSA) is 267 Å². The maximum absolute atomic E-state index is 11.6. The summed E-state index contributed by atoms with van der Waals surface area (Å²) in [7, 11) is 24.4. The van der Waals surface area contributed by atoms with E-state index in [4.69, 9.17) is 43.4 Å². The number of aryl methyl sites for hydroxylation is 8. The van der Waals surface area contributed by atoms with Crippen LogP contribution in [0.2, 0.25) is 0 Å². The molecule has 9 aromatic rings. The van der Waals surface area contributed by atoms with E-state index in [1.54, 1.807) is 76.1 Å². The highest BCUT2D eigenvalue weighted by molar-refractivity contribution is 7.17. The summed E-state index contributed by atoms with van der Waals surface area (Å²) in [5, 5.41) is 72.9. The quantitative estimate of drug-likeness (QED) is 0.0394. The minimum Gasteiger partial charge on any atom is -0.515 e. The average Bonchev–Trinajstić information content (AvgIpc) is 0.736. The van der Waals surface area contributed by atoms with Crippen molar-refractivity contribution in [1.82, 2.24) is 0 Å². The summed E-state index contributed by atoms with van der Waals surface area (Å²) in [5.41, 5.74) is 16.6. The molecule has 4 aliphatic carbocycles. The molecule has 9 aromatic carbocycles. The number of aldehydes is 3. The molecule has 18 nitrogen and oxygen atoms in total. The van der Waals surface area contributed by atoms with Gasteiger partial charge in [0.05, 0.1) is 91.7 Å². The lowest BCUT2D eigenvalue weighted by Crippen LogP contribution is -2.41. The van der Waals surface area contributed by atoms with Gasteiger partial charge in [0.1, 0.15) is 58.7 Å². The minimum atomic E-state index is -0.976. The number of aliphatic hydroxyl groups excluding tert-OH is 7. The number of aliphatic hydroxyl groups is 7. The Labute approximate surface area is 677 Å². The lowest BCUT2D eigenvalue weighted by molar-refractivity contribution is -0.116. The molecule has 0 saturated heterocycles. The van der Waals surface area contributed by atoms with Gasteiger partial charge in [-0.25, -0.2) is 0 Å². The van der Waals surface area contributed by atoms with Crippen LogP contribution in [0, 0.1) is 32.1 Å². The third-order valence-electron chi connectivity index (χ3n) is 20.5. The standard InChI is InChI=1S/C18H20O4.2C18H20O3.C18H18O3.C9H12O2.C9H10O2.C2H6O.B3.B/c1-21-15-7-3-5-11-9-14(20)18-12(10-13(19)17(11)15)6-4-8-16(18)22-2;1-12-5-4-9-18(14(12)11-19)10-8-13-6-3-7-15(21-2)16(13)17(18)20;1-11-5-3-6-12-9-10-13-7-4-8-14(21-2)16(13)18(20)17(19)15(11)12;1-13-5-3-6-14(16(13)11-19)9-10-15-7-4-8-18(21-2)17(15)12-20;2*1-7-4-3-5-9(11-2)8(7)6-10;2*1-3-2;/h3-8,13-14,19-20H,9-10H2,1-2H3;3-7,9,11,14,17,20H,8,10H2,1-2H3;3-8,17-20H,9-10H2,1-2H3;3-8,11-12H,9-10H2,1-2H3;3-5,10H,6H2,1-2H3;3-6,10H,1H2,2H3;1-2H3;;/b;;;;;8-6-;;;/t13-,14-;14?,17?,18-;17?,18-;;;;;;/m110....../s1. The van der Waals surface area contributed by atoms with Crippen LogP contribution in [-0.2, 0) is 61.1 Å². The number of rotatable bonds is 14. The van der Waals surface area contributed by atoms with Gasteiger partial charge in [-0.1, -0.05) is 152 Å². The van der Waals surface area contributed by atoms with Gasteiger partial charge in [-0.2, -0.15) is 0 Å². The monoisotopic (exact) mass is 1540 g/mol. The fourth-order valence-electron chi connectivity index (χ4n) is 14.9. The Balaban J connectivity index is 0.000000244. The number of fused-ring (bicyclic) bond motifs is 5. The van der Waals surface area contributed by atoms with E-state index in [0.717, 1.165) is 163 Å². The fraction of sp³-hybridized carbons (Fsp3) is 0.315. The lowest BCUT2D eigenvalue weighted by Gasteiger charge is -2.46. The van der Waals surface area contributed by atoms with Crippen LogP contribution < -0.4 is 43.6 Å². The zero-order valence-electron chi connectivity index (χ0n) is 67.6. The molecule has 0 heterocycles. The van der Waals surface area contributed by atoms with Crippen molar-refractivity contribution in [3.63, 3.8) is 0 Å². The Morgan fingerprint density at radius 2 is 0.860 bits per heavy atom. The predicted octanol–water partition coefficient (Wildman–Crippen LogP) is 12.5. The summed E-state index contributed by atoms with van der Waals surface area (Å²) >= 11 is 0. The van der Waals surface area contributed by atoms with Gasteiger partial charge >= 0.3 is 0 Å². The van der Waals surface area contributed by atoms with Crippen molar-refractivity contribution in [2.45, 2.75) is 116 Å². The van der Waals surface area contributed by atoms with E-state index < -0.39 is 35.9 Å². The van der Waals surface area contributed by atoms with Gasteiger partial charge in [0, 0.05) is 103 Å². The van der Waals surface area contributed by atoms with Crippen molar-refractivity contribution in [2.24, 2.45) is 11.3 Å². The molecule has 1 spiro atoms. The van der Waals surface area contributed by atoms with Gasteiger partial charge < -0.3 is 78.4 Å². The molecular weight excluding hydrogens is 1440 g/mol. The third-order valence-corrected chi connectivity index (χ3v) is 20.5.